The molecule has 2 atom stereocenters. The molecule has 40 heavy (non-hydrogen) atoms. The highest BCUT2D eigenvalue weighted by Crippen LogP contribution is 2.46. The van der Waals surface area contributed by atoms with Gasteiger partial charge >= 0.3 is 5.97 Å². The van der Waals surface area contributed by atoms with Crippen LogP contribution in [0.25, 0.3) is 21.9 Å². The summed E-state index contributed by atoms with van der Waals surface area (Å²) in [7, 11) is 0. The van der Waals surface area contributed by atoms with Gasteiger partial charge in [-0.25, -0.2) is 4.79 Å². The lowest BCUT2D eigenvalue weighted by atomic mass is 9.91. The Morgan fingerprint density at radius 2 is 1.68 bits per heavy atom. The molecule has 5 rings (SSSR count). The Kier molecular flexibility index (Phi) is 8.36. The molecule has 4 aromatic carbocycles. The number of aliphatic hydroxyl groups is 1. The van der Waals surface area contributed by atoms with E-state index in [4.69, 9.17) is 4.74 Å². The van der Waals surface area contributed by atoms with E-state index in [1.54, 1.807) is 12.1 Å². The van der Waals surface area contributed by atoms with Gasteiger partial charge in [0, 0.05) is 12.1 Å². The zero-order chi connectivity index (χ0) is 28.3. The molecule has 0 amide bonds. The largest absolute Gasteiger partial charge is 0.478 e. The molecule has 1 aliphatic carbocycles. The Hall–Kier alpha value is -3.51. The van der Waals surface area contributed by atoms with Crippen LogP contribution in [0.5, 0.6) is 0 Å². The number of fused-ring (bicyclic) bond motifs is 1. The molecule has 0 bridgehead atoms. The van der Waals surface area contributed by atoms with E-state index >= 15 is 0 Å². The van der Waals surface area contributed by atoms with E-state index in [1.807, 2.05) is 25.1 Å². The molecule has 1 saturated carbocycles. The summed E-state index contributed by atoms with van der Waals surface area (Å²) in [6.45, 7) is 6.95. The van der Waals surface area contributed by atoms with Crippen molar-refractivity contribution in [3.8, 4) is 11.1 Å². The van der Waals surface area contributed by atoms with Crippen LogP contribution in [0.3, 0.4) is 0 Å². The Bertz CT molecular complexity index is 1490. The molecule has 1 fully saturated rings. The molecule has 0 radical (unpaired) electrons. The van der Waals surface area contributed by atoms with E-state index in [2.05, 4.69) is 73.8 Å². The fraction of sp³-hybridized carbons (Fsp3) is 0.343. The highest BCUT2D eigenvalue weighted by Gasteiger charge is 2.35. The number of benzene rings is 4. The number of carbonyl (C=O) groups is 1. The number of hydrogen-bond donors (Lipinski definition) is 3. The van der Waals surface area contributed by atoms with Gasteiger partial charge in [-0.15, -0.1) is 0 Å². The van der Waals surface area contributed by atoms with Crippen LogP contribution in [0.2, 0.25) is 0 Å². The maximum Gasteiger partial charge on any atom is 0.335 e. The summed E-state index contributed by atoms with van der Waals surface area (Å²) in [6, 6.07) is 28.4. The molecule has 1 unspecified atom stereocenters. The lowest BCUT2D eigenvalue weighted by Gasteiger charge is -2.29. The molecular formula is C35H39NO4. The lowest BCUT2D eigenvalue weighted by molar-refractivity contribution is -0.0209. The van der Waals surface area contributed by atoms with Crippen LogP contribution in [0.4, 0.5) is 0 Å². The Balaban J connectivity index is 1.22. The van der Waals surface area contributed by atoms with Crippen molar-refractivity contribution in [1.29, 1.82) is 0 Å². The van der Waals surface area contributed by atoms with E-state index in [0.717, 1.165) is 41.5 Å². The van der Waals surface area contributed by atoms with Crippen LogP contribution in [-0.4, -0.2) is 41.0 Å². The fourth-order valence-electron chi connectivity index (χ4n) is 5.56. The second-order valence-electron chi connectivity index (χ2n) is 11.8. The molecule has 3 N–H and O–H groups in total. The fourth-order valence-corrected chi connectivity index (χ4v) is 5.56. The maximum absolute atomic E-state index is 11.4. The van der Waals surface area contributed by atoms with Crippen molar-refractivity contribution in [3.05, 3.63) is 107 Å². The van der Waals surface area contributed by atoms with Gasteiger partial charge in [-0.1, -0.05) is 72.8 Å². The number of carboxylic acids is 1. The summed E-state index contributed by atoms with van der Waals surface area (Å²) in [4.78, 5) is 11.4. The number of ether oxygens (including phenoxy) is 1. The molecule has 0 saturated heterocycles. The third-order valence-corrected chi connectivity index (χ3v) is 7.83. The first kappa shape index (κ1) is 28.0. The van der Waals surface area contributed by atoms with Crippen molar-refractivity contribution in [2.45, 2.75) is 57.8 Å². The molecule has 4 aromatic rings. The second kappa shape index (κ2) is 11.9. The van der Waals surface area contributed by atoms with E-state index < -0.39 is 12.1 Å². The molecule has 208 valence electrons. The van der Waals surface area contributed by atoms with E-state index in [0.29, 0.717) is 12.5 Å². The highest BCUT2D eigenvalue weighted by atomic mass is 16.5. The quantitative estimate of drug-likeness (QED) is 0.182. The maximum atomic E-state index is 11.4. The molecule has 0 heterocycles. The molecular weight excluding hydrogens is 498 g/mol. The van der Waals surface area contributed by atoms with Gasteiger partial charge < -0.3 is 20.3 Å². The number of aromatic carboxylic acids is 1. The summed E-state index contributed by atoms with van der Waals surface area (Å²) in [5, 5.41) is 26.3. The number of rotatable bonds is 12. The summed E-state index contributed by atoms with van der Waals surface area (Å²) in [5.41, 5.74) is 5.43. The second-order valence-corrected chi connectivity index (χ2v) is 11.8. The van der Waals surface area contributed by atoms with Gasteiger partial charge in [0.15, 0.2) is 0 Å². The van der Waals surface area contributed by atoms with Crippen LogP contribution in [-0.2, 0) is 11.2 Å². The minimum Gasteiger partial charge on any atom is -0.478 e. The standard InChI is InChI=1S/C35H39NO4/c1-23-18-28(34(38)39)16-17-30(23)31-10-6-7-11-32(31)33(26-14-15-26)40-22-29(37)21-36-35(2,3)20-24-12-13-25-8-4-5-9-27(25)19-24/h4-13,16-19,26,29,33,36-37H,14-15,20-22H2,1-3H3,(H,38,39)/t29-,33?/m0/s1. The highest BCUT2D eigenvalue weighted by molar-refractivity contribution is 5.89. The Morgan fingerprint density at radius 3 is 2.40 bits per heavy atom. The molecule has 5 heteroatoms. The smallest absolute Gasteiger partial charge is 0.335 e. The van der Waals surface area contributed by atoms with Gasteiger partial charge in [0.05, 0.1) is 24.4 Å². The van der Waals surface area contributed by atoms with Crippen molar-refractivity contribution < 1.29 is 19.7 Å². The van der Waals surface area contributed by atoms with Crippen LogP contribution in [0.15, 0.2) is 84.9 Å². The zero-order valence-electron chi connectivity index (χ0n) is 23.6. The molecule has 0 aliphatic heterocycles. The van der Waals surface area contributed by atoms with Gasteiger partial charge in [-0.2, -0.15) is 0 Å². The molecule has 0 spiro atoms. The predicted molar refractivity (Wildman–Crippen MR) is 161 cm³/mol. The van der Waals surface area contributed by atoms with Crippen LogP contribution in [0.1, 0.15) is 59.8 Å². The molecule has 5 nitrogen and oxygen atoms in total. The van der Waals surface area contributed by atoms with Gasteiger partial charge in [0.1, 0.15) is 0 Å². The average molecular weight is 538 g/mol. The minimum atomic E-state index is -0.926. The number of hydrogen-bond acceptors (Lipinski definition) is 4. The Morgan fingerprint density at radius 1 is 0.950 bits per heavy atom. The van der Waals surface area contributed by atoms with E-state index in [9.17, 15) is 15.0 Å². The van der Waals surface area contributed by atoms with Crippen LogP contribution >= 0.6 is 0 Å². The third kappa shape index (κ3) is 6.79. The molecule has 0 aromatic heterocycles. The SMILES string of the molecule is Cc1cc(C(=O)O)ccc1-c1ccccc1C(OC[C@@H](O)CNC(C)(C)Cc1ccc2ccccc2c1)C1CC1. The predicted octanol–water partition coefficient (Wildman–Crippen LogP) is 6.95. The van der Waals surface area contributed by atoms with E-state index in [-0.39, 0.29) is 23.8 Å². The summed E-state index contributed by atoms with van der Waals surface area (Å²) < 4.78 is 6.43. The third-order valence-electron chi connectivity index (χ3n) is 7.83. The van der Waals surface area contributed by atoms with Crippen molar-refractivity contribution in [2.24, 2.45) is 5.92 Å². The number of carboxylic acid groups (broad SMARTS) is 1. The van der Waals surface area contributed by atoms with Crippen molar-refractivity contribution in [3.63, 3.8) is 0 Å². The lowest BCUT2D eigenvalue weighted by Crippen LogP contribution is -2.46. The average Bonchev–Trinajstić information content (AvgIpc) is 3.77. The van der Waals surface area contributed by atoms with E-state index in [1.165, 1.54) is 16.3 Å². The summed E-state index contributed by atoms with van der Waals surface area (Å²) in [6.07, 6.45) is 2.30. The van der Waals surface area contributed by atoms with Gasteiger partial charge in [-0.05, 0) is 96.7 Å². The number of aliphatic hydroxyl groups excluding tert-OH is 1. The topological polar surface area (TPSA) is 78.8 Å². The van der Waals surface area contributed by atoms with Crippen LogP contribution in [0, 0.1) is 12.8 Å². The number of aryl methyl sites for hydroxylation is 1. The zero-order valence-corrected chi connectivity index (χ0v) is 23.6. The number of nitrogens with one attached hydrogen (secondary N) is 1. The van der Waals surface area contributed by atoms with Gasteiger partial charge in [-0.3, -0.25) is 0 Å². The van der Waals surface area contributed by atoms with Gasteiger partial charge in [0.2, 0.25) is 0 Å². The monoisotopic (exact) mass is 537 g/mol. The summed E-state index contributed by atoms with van der Waals surface area (Å²) in [5.74, 6) is -0.505. The van der Waals surface area contributed by atoms with Crippen LogP contribution < -0.4 is 5.32 Å². The first-order chi connectivity index (χ1) is 19.2. The first-order valence-corrected chi connectivity index (χ1v) is 14.2. The van der Waals surface area contributed by atoms with Crippen molar-refractivity contribution in [2.75, 3.05) is 13.2 Å². The Labute approximate surface area is 236 Å². The van der Waals surface area contributed by atoms with Gasteiger partial charge in [0.25, 0.3) is 0 Å². The van der Waals surface area contributed by atoms with Crippen molar-refractivity contribution in [1.82, 2.24) is 5.32 Å². The summed E-state index contributed by atoms with van der Waals surface area (Å²) >= 11 is 0. The minimum absolute atomic E-state index is 0.116. The van der Waals surface area contributed by atoms with Crippen molar-refractivity contribution >= 4 is 16.7 Å². The molecule has 1 aliphatic rings. The number of β-amino-alcohol motifs (C(OH)–C–C–N with tert-alkyl or cyclic N) is 1. The first-order valence-electron chi connectivity index (χ1n) is 14.2. The normalized spacial score (nSPS) is 15.2.